The van der Waals surface area contributed by atoms with Crippen LogP contribution >= 0.6 is 0 Å². The first kappa shape index (κ1) is 30.6. The van der Waals surface area contributed by atoms with E-state index < -0.39 is 28.4 Å². The molecule has 40 heavy (non-hydrogen) atoms. The molecule has 0 N–H and O–H groups in total. The summed E-state index contributed by atoms with van der Waals surface area (Å²) in [7, 11) is -2.08. The van der Waals surface area contributed by atoms with Gasteiger partial charge in [-0.1, -0.05) is 0 Å². The van der Waals surface area contributed by atoms with E-state index in [1.165, 1.54) is 32.1 Å². The second-order valence-electron chi connectivity index (χ2n) is 9.50. The molecule has 0 heterocycles. The maximum atomic E-state index is 14.4. The van der Waals surface area contributed by atoms with Crippen molar-refractivity contribution < 1.29 is 51.9 Å². The first-order valence-corrected chi connectivity index (χ1v) is 28.9. The quantitative estimate of drug-likeness (QED) is 0.260. The van der Waals surface area contributed by atoms with Gasteiger partial charge in [-0.15, -0.1) is 0 Å². The molecule has 0 saturated carbocycles. The first-order chi connectivity index (χ1) is 18.7. The molecule has 198 valence electrons. The molecule has 0 atom stereocenters. The van der Waals surface area contributed by atoms with Crippen molar-refractivity contribution in [1.29, 1.82) is 0 Å². The molecule has 0 spiro atoms. The van der Waals surface area contributed by atoms with Gasteiger partial charge < -0.3 is 24.8 Å². The van der Waals surface area contributed by atoms with Crippen LogP contribution in [0, 0.1) is 11.6 Å². The van der Waals surface area contributed by atoms with E-state index in [-0.39, 0.29) is 36.4 Å². The first-order valence-electron chi connectivity index (χ1n) is 12.9. The van der Waals surface area contributed by atoms with E-state index in [1.807, 2.05) is 24.3 Å². The smallest absolute Gasteiger partial charge is 1.00 e. The van der Waals surface area contributed by atoms with Crippen LogP contribution in [-0.4, -0.2) is 10.1 Å². The Labute approximate surface area is 255 Å². The van der Waals surface area contributed by atoms with Crippen molar-refractivity contribution in [2.24, 2.45) is 0 Å². The molecule has 6 rings (SSSR count). The summed E-state index contributed by atoms with van der Waals surface area (Å²) in [5.74, 6) is -0.405. The van der Waals surface area contributed by atoms with E-state index in [4.69, 9.17) is 0 Å². The number of hydrogen-bond acceptors (Lipinski definition) is 0. The third kappa shape index (κ3) is 6.44. The van der Waals surface area contributed by atoms with Crippen molar-refractivity contribution in [2.75, 3.05) is 0 Å². The van der Waals surface area contributed by atoms with Crippen LogP contribution in [0.25, 0.3) is 11.1 Å². The van der Waals surface area contributed by atoms with Crippen LogP contribution < -0.4 is 33.6 Å². The van der Waals surface area contributed by atoms with E-state index >= 15 is 0 Å². The van der Waals surface area contributed by atoms with Crippen LogP contribution in [0.3, 0.4) is 0 Å². The Morgan fingerprint density at radius 2 is 0.950 bits per heavy atom. The Morgan fingerprint density at radius 1 is 0.525 bits per heavy atom. The van der Waals surface area contributed by atoms with Crippen molar-refractivity contribution in [3.63, 3.8) is 0 Å². The number of halogens is 4. The molecule has 2 aliphatic rings. The summed E-state index contributed by atoms with van der Waals surface area (Å²) in [6.07, 6.45) is 10.8. The van der Waals surface area contributed by atoms with Gasteiger partial charge in [0.15, 0.2) is 0 Å². The molecule has 0 aliphatic heterocycles. The van der Waals surface area contributed by atoms with Crippen LogP contribution in [0.5, 0.6) is 0 Å². The van der Waals surface area contributed by atoms with Crippen LogP contribution in [-0.2, 0) is 18.3 Å². The Hall–Kier alpha value is -2.31. The Bertz CT molecular complexity index is 1550. The summed E-state index contributed by atoms with van der Waals surface area (Å²) in [5.41, 5.74) is 4.35. The normalized spacial score (nSPS) is 13.5. The number of benzene rings is 4. The molecule has 4 aromatic rings. The minimum Gasteiger partial charge on any atom is -1.00 e. The number of allylic oxidation sites excluding steroid dienone is 8. The molecule has 2 aliphatic carbocycles. The van der Waals surface area contributed by atoms with Gasteiger partial charge in [0.2, 0.25) is 0 Å². The average molecular weight is 795 g/mol. The van der Waals surface area contributed by atoms with Gasteiger partial charge in [-0.25, -0.2) is 0 Å². The Morgan fingerprint density at radius 3 is 1.35 bits per heavy atom. The Kier molecular flexibility index (Phi) is 10.8. The molecular formula is C34H26Cl2F2GeHf. The van der Waals surface area contributed by atoms with Gasteiger partial charge in [0.05, 0.1) is 0 Å². The average Bonchev–Trinajstić information content (AvgIpc) is 3.63. The molecule has 0 saturated heterocycles. The molecular weight excluding hydrogens is 768 g/mol. The summed E-state index contributed by atoms with van der Waals surface area (Å²) in [6.45, 7) is 0. The predicted molar refractivity (Wildman–Crippen MR) is 152 cm³/mol. The van der Waals surface area contributed by atoms with Crippen molar-refractivity contribution >= 4 is 30.0 Å². The van der Waals surface area contributed by atoms with Crippen LogP contribution in [0.4, 0.5) is 8.78 Å². The van der Waals surface area contributed by atoms with E-state index in [2.05, 4.69) is 85.0 Å². The molecule has 0 fully saturated rings. The fraction of sp³-hybridized carbons (Fsp3) is 0.0588. The molecule has 0 radical (unpaired) electrons. The maximum Gasteiger partial charge on any atom is -1.00 e. The summed E-state index contributed by atoms with van der Waals surface area (Å²) in [4.78, 5) is 0. The second-order valence-corrected chi connectivity index (χ2v) is 38.4. The monoisotopic (exact) mass is 796 g/mol. The van der Waals surface area contributed by atoms with E-state index in [0.29, 0.717) is 0 Å². The van der Waals surface area contributed by atoms with Crippen LogP contribution in [0.2, 0.25) is 0 Å². The fourth-order valence-corrected chi connectivity index (χ4v) is 54.5. The van der Waals surface area contributed by atoms with Gasteiger partial charge in [0.25, 0.3) is 0 Å². The van der Waals surface area contributed by atoms with E-state index in [0.717, 1.165) is 24.0 Å². The summed E-state index contributed by atoms with van der Waals surface area (Å²) >= 11 is -2.91. The summed E-state index contributed by atoms with van der Waals surface area (Å²) in [6, 6.07) is 36.2. The minimum atomic E-state index is -2.91. The van der Waals surface area contributed by atoms with Gasteiger partial charge in [-0.3, -0.25) is 0 Å². The summed E-state index contributed by atoms with van der Waals surface area (Å²) < 4.78 is 34.8. The molecule has 0 aromatic heterocycles. The summed E-state index contributed by atoms with van der Waals surface area (Å²) in [5, 5.41) is 0. The van der Waals surface area contributed by atoms with E-state index in [9.17, 15) is 8.78 Å². The van der Waals surface area contributed by atoms with Gasteiger partial charge in [-0.05, 0) is 0 Å². The minimum absolute atomic E-state index is 0. The third-order valence-electron chi connectivity index (χ3n) is 7.11. The zero-order valence-electron chi connectivity index (χ0n) is 21.6. The third-order valence-corrected chi connectivity index (χ3v) is 50.2. The molecule has 0 bridgehead atoms. The molecule has 4 aromatic carbocycles. The standard InChI is InChI=1S/C12H10Ge.2C11H8F.2ClH.Hf/c1-3-7-11(8-4-1)13-12-9-5-2-6-10-12;2*12-11-7-3-6-10(8-11)9-4-1-2-5-9;;;/h1-10H;2*1,3-4,6-8H,2H2;2*1H;/q;;;;;+2/p-2. The zero-order chi connectivity index (χ0) is 25.9. The predicted octanol–water partition coefficient (Wildman–Crippen LogP) is 1.44. The van der Waals surface area contributed by atoms with Gasteiger partial charge in [-0.2, -0.15) is 0 Å². The van der Waals surface area contributed by atoms with E-state index in [1.54, 1.807) is 18.8 Å². The van der Waals surface area contributed by atoms with Crippen molar-refractivity contribution in [1.82, 2.24) is 0 Å². The topological polar surface area (TPSA) is 0 Å². The molecule has 0 unspecified atom stereocenters. The number of rotatable bonds is 6. The van der Waals surface area contributed by atoms with Crippen LogP contribution in [0.15, 0.2) is 140 Å². The molecule has 6 heteroatoms. The Balaban J connectivity index is 0.00000185. The van der Waals surface area contributed by atoms with Crippen molar-refractivity contribution in [3.05, 3.63) is 163 Å². The molecule has 0 amide bonds. The SMILES string of the molecule is Fc1cccc(C2=[C]([Hf+2]([C]3=C(c4cccc(F)c4)C=CC3)=[Ge]([c]3ccccc3)[c]3ccccc3)CC=C2)c1.[Cl-].[Cl-]. The maximum absolute atomic E-state index is 14.4. The largest absolute Gasteiger partial charge is 1.00 e. The van der Waals surface area contributed by atoms with Gasteiger partial charge in [0, 0.05) is 0 Å². The van der Waals surface area contributed by atoms with Crippen molar-refractivity contribution in [2.45, 2.75) is 12.8 Å². The molecule has 0 nitrogen and oxygen atoms in total. The van der Waals surface area contributed by atoms with Crippen molar-refractivity contribution in [3.8, 4) is 0 Å². The van der Waals surface area contributed by atoms with Gasteiger partial charge in [0.1, 0.15) is 0 Å². The zero-order valence-corrected chi connectivity index (χ0v) is 28.8. The fourth-order valence-electron chi connectivity index (χ4n) is 5.49. The van der Waals surface area contributed by atoms with Crippen LogP contribution in [0.1, 0.15) is 24.0 Å². The second kappa shape index (κ2) is 14.0. The number of hydrogen-bond donors (Lipinski definition) is 0. The van der Waals surface area contributed by atoms with Gasteiger partial charge >= 0.3 is 233 Å².